The maximum absolute atomic E-state index is 12.8. The quantitative estimate of drug-likeness (QED) is 0.526. The van der Waals surface area contributed by atoms with E-state index < -0.39 is 6.04 Å². The molecule has 0 spiro atoms. The highest BCUT2D eigenvalue weighted by Crippen LogP contribution is 2.38. The average Bonchev–Trinajstić information content (AvgIpc) is 3.50. The Hall–Kier alpha value is -3.06. The van der Waals surface area contributed by atoms with Crippen molar-refractivity contribution in [1.82, 2.24) is 15.3 Å². The molecule has 3 atom stereocenters. The van der Waals surface area contributed by atoms with Crippen LogP contribution < -0.4 is 20.5 Å². The molecule has 3 aromatic rings. The molecule has 5 rings (SSSR count). The third-order valence-electron chi connectivity index (χ3n) is 7.15. The van der Waals surface area contributed by atoms with Crippen LogP contribution in [0.1, 0.15) is 61.0 Å². The smallest absolute Gasteiger partial charge is 0.225 e. The van der Waals surface area contributed by atoms with Crippen molar-refractivity contribution in [2.75, 3.05) is 13.7 Å². The number of hydrogen-bond acceptors (Lipinski definition) is 5. The molecule has 7 heteroatoms. The summed E-state index contributed by atoms with van der Waals surface area (Å²) in [6.07, 6.45) is 5.49. The lowest BCUT2D eigenvalue weighted by atomic mass is 9.81. The minimum atomic E-state index is -0.507. The lowest BCUT2D eigenvalue weighted by Crippen LogP contribution is -2.45. The molecular formula is C26H32N4O3. The molecule has 1 aliphatic carbocycles. The number of benzene rings is 2. The van der Waals surface area contributed by atoms with E-state index in [1.807, 2.05) is 31.2 Å². The first kappa shape index (κ1) is 21.8. The van der Waals surface area contributed by atoms with Gasteiger partial charge in [-0.15, -0.1) is 0 Å². The Morgan fingerprint density at radius 3 is 2.73 bits per heavy atom. The summed E-state index contributed by atoms with van der Waals surface area (Å²) in [5.74, 6) is 1.93. The lowest BCUT2D eigenvalue weighted by molar-refractivity contribution is -0.127. The fourth-order valence-corrected chi connectivity index (χ4v) is 5.18. The highest BCUT2D eigenvalue weighted by molar-refractivity contribution is 5.82. The molecule has 1 aliphatic heterocycles. The number of methoxy groups -OCH3 is 1. The van der Waals surface area contributed by atoms with Crippen LogP contribution in [0.4, 0.5) is 0 Å². The van der Waals surface area contributed by atoms with Crippen molar-refractivity contribution in [3.8, 4) is 11.5 Å². The maximum Gasteiger partial charge on any atom is 0.225 e. The van der Waals surface area contributed by atoms with Crippen LogP contribution >= 0.6 is 0 Å². The van der Waals surface area contributed by atoms with Gasteiger partial charge in [-0.05, 0) is 68.4 Å². The van der Waals surface area contributed by atoms with E-state index in [1.165, 1.54) is 12.8 Å². The number of para-hydroxylation sites is 1. The molecule has 4 N–H and O–H groups in total. The average molecular weight is 449 g/mol. The second kappa shape index (κ2) is 9.06. The third kappa shape index (κ3) is 4.29. The number of amides is 1. The normalized spacial score (nSPS) is 22.3. The van der Waals surface area contributed by atoms with Crippen LogP contribution in [0.2, 0.25) is 0 Å². The van der Waals surface area contributed by atoms with Gasteiger partial charge in [-0.3, -0.25) is 4.79 Å². The summed E-state index contributed by atoms with van der Waals surface area (Å²) in [5.41, 5.74) is 10.7. The van der Waals surface area contributed by atoms with Crippen molar-refractivity contribution in [3.63, 3.8) is 0 Å². The molecule has 1 saturated heterocycles. The number of piperidine rings is 1. The summed E-state index contributed by atoms with van der Waals surface area (Å²) < 4.78 is 11.8. The van der Waals surface area contributed by atoms with E-state index in [1.54, 1.807) is 7.11 Å². The van der Waals surface area contributed by atoms with Gasteiger partial charge in [0.2, 0.25) is 5.91 Å². The zero-order chi connectivity index (χ0) is 22.9. The number of H-pyrrole nitrogens is 1. The predicted molar refractivity (Wildman–Crippen MR) is 127 cm³/mol. The van der Waals surface area contributed by atoms with Gasteiger partial charge in [0.05, 0.1) is 36.2 Å². The zero-order valence-electron chi connectivity index (χ0n) is 19.3. The Labute approximate surface area is 194 Å². The number of hydrogen-bond donors (Lipinski definition) is 3. The summed E-state index contributed by atoms with van der Waals surface area (Å²) in [6.45, 7) is 2.62. The lowest BCUT2D eigenvalue weighted by Gasteiger charge is -2.32. The van der Waals surface area contributed by atoms with Crippen LogP contribution in [0.15, 0.2) is 36.4 Å². The van der Waals surface area contributed by atoms with E-state index in [2.05, 4.69) is 27.4 Å². The van der Waals surface area contributed by atoms with Gasteiger partial charge >= 0.3 is 0 Å². The Bertz CT molecular complexity index is 1150. The first-order chi connectivity index (χ1) is 16.0. The number of carbonyl (C=O) groups excluding carboxylic acids is 1. The number of aryl methyl sites for hydroxylation is 1. The van der Waals surface area contributed by atoms with E-state index in [4.69, 9.17) is 15.2 Å². The van der Waals surface area contributed by atoms with Gasteiger partial charge in [0.25, 0.3) is 0 Å². The van der Waals surface area contributed by atoms with Gasteiger partial charge < -0.3 is 25.5 Å². The van der Waals surface area contributed by atoms with Crippen molar-refractivity contribution in [2.45, 2.75) is 57.1 Å². The summed E-state index contributed by atoms with van der Waals surface area (Å²) in [4.78, 5) is 20.8. The third-order valence-corrected chi connectivity index (χ3v) is 7.15. The van der Waals surface area contributed by atoms with Gasteiger partial charge in [-0.2, -0.15) is 0 Å². The molecule has 174 valence electrons. The standard InChI is InChI=1S/C26H32N4O3/c1-15-6-5-9-20-24(15)30-25(29-20)23(27)19-12-17(14-28-26(19)31)16-10-11-21(32-2)22(13-16)33-18-7-3-4-8-18/h5-6,9-11,13,17-19,23H,3-4,7-8,12,14,27H2,1-2H3,(H,28,31)(H,29,30)/t17-,19+,23?/m1/s1. The summed E-state index contributed by atoms with van der Waals surface area (Å²) in [5, 5.41) is 3.07. The van der Waals surface area contributed by atoms with E-state index in [0.29, 0.717) is 18.8 Å². The molecule has 1 saturated carbocycles. The number of carbonyl (C=O) groups is 1. The molecule has 1 aromatic heterocycles. The fraction of sp³-hybridized carbons (Fsp3) is 0.462. The molecule has 0 radical (unpaired) electrons. The molecule has 0 bridgehead atoms. The van der Waals surface area contributed by atoms with Gasteiger partial charge in [0.15, 0.2) is 11.5 Å². The van der Waals surface area contributed by atoms with Crippen LogP contribution in [-0.4, -0.2) is 35.6 Å². The number of imidazole rings is 1. The molecule has 2 aliphatic rings. The minimum Gasteiger partial charge on any atom is -0.493 e. The number of aromatic amines is 1. The van der Waals surface area contributed by atoms with Crippen molar-refractivity contribution in [1.29, 1.82) is 0 Å². The fourth-order valence-electron chi connectivity index (χ4n) is 5.18. The van der Waals surface area contributed by atoms with Crippen LogP contribution in [0.5, 0.6) is 11.5 Å². The highest BCUT2D eigenvalue weighted by Gasteiger charge is 2.36. The van der Waals surface area contributed by atoms with Crippen LogP contribution in [0, 0.1) is 12.8 Å². The molecule has 2 aromatic carbocycles. The number of fused-ring (bicyclic) bond motifs is 1. The van der Waals surface area contributed by atoms with Crippen molar-refractivity contribution < 1.29 is 14.3 Å². The molecule has 1 amide bonds. The van der Waals surface area contributed by atoms with Gasteiger partial charge in [-0.25, -0.2) is 4.98 Å². The Morgan fingerprint density at radius 2 is 1.97 bits per heavy atom. The summed E-state index contributed by atoms with van der Waals surface area (Å²) >= 11 is 0. The zero-order valence-corrected chi connectivity index (χ0v) is 19.3. The molecule has 2 fully saturated rings. The monoisotopic (exact) mass is 448 g/mol. The minimum absolute atomic E-state index is 0.0214. The number of nitrogens with two attached hydrogens (primary N) is 1. The SMILES string of the molecule is COc1ccc([C@H]2CNC(=O)[C@H](C(N)c3nc4cccc(C)c4[nH]3)C2)cc1OC1CCCC1. The van der Waals surface area contributed by atoms with E-state index in [-0.39, 0.29) is 23.8 Å². The van der Waals surface area contributed by atoms with Gasteiger partial charge in [-0.1, -0.05) is 18.2 Å². The molecular weight excluding hydrogens is 416 g/mol. The molecule has 1 unspecified atom stereocenters. The van der Waals surface area contributed by atoms with Crippen molar-refractivity contribution in [2.24, 2.45) is 11.7 Å². The van der Waals surface area contributed by atoms with Crippen molar-refractivity contribution in [3.05, 3.63) is 53.3 Å². The van der Waals surface area contributed by atoms with E-state index >= 15 is 0 Å². The predicted octanol–water partition coefficient (Wildman–Crippen LogP) is 4.12. The van der Waals surface area contributed by atoms with Gasteiger partial charge in [0.1, 0.15) is 5.82 Å². The second-order valence-corrected chi connectivity index (χ2v) is 9.34. The first-order valence-electron chi connectivity index (χ1n) is 11.9. The van der Waals surface area contributed by atoms with Crippen molar-refractivity contribution >= 4 is 16.9 Å². The molecule has 2 heterocycles. The summed E-state index contributed by atoms with van der Waals surface area (Å²) in [6, 6.07) is 11.6. The van der Waals surface area contributed by atoms with E-state index in [0.717, 1.165) is 46.5 Å². The highest BCUT2D eigenvalue weighted by atomic mass is 16.5. The second-order valence-electron chi connectivity index (χ2n) is 9.34. The van der Waals surface area contributed by atoms with Crippen LogP contribution in [0.3, 0.4) is 0 Å². The van der Waals surface area contributed by atoms with Crippen LogP contribution in [-0.2, 0) is 4.79 Å². The van der Waals surface area contributed by atoms with E-state index in [9.17, 15) is 4.79 Å². The number of aromatic nitrogens is 2. The topological polar surface area (TPSA) is 102 Å². The number of nitrogens with one attached hydrogen (secondary N) is 2. The largest absolute Gasteiger partial charge is 0.493 e. The number of rotatable bonds is 6. The van der Waals surface area contributed by atoms with Crippen LogP contribution in [0.25, 0.3) is 11.0 Å². The Morgan fingerprint density at radius 1 is 1.15 bits per heavy atom. The number of nitrogens with zero attached hydrogens (tertiary/aromatic N) is 1. The summed E-state index contributed by atoms with van der Waals surface area (Å²) in [7, 11) is 1.67. The Kier molecular flexibility index (Phi) is 5.98. The molecule has 7 nitrogen and oxygen atoms in total. The number of ether oxygens (including phenoxy) is 2. The first-order valence-corrected chi connectivity index (χ1v) is 11.9. The molecule has 33 heavy (non-hydrogen) atoms. The maximum atomic E-state index is 12.8. The van der Waals surface area contributed by atoms with Gasteiger partial charge in [0, 0.05) is 12.5 Å². The Balaban J connectivity index is 1.37.